The van der Waals surface area contributed by atoms with E-state index in [1.165, 1.54) is 11.1 Å². The number of hydrogen-bond acceptors (Lipinski definition) is 3. The molecule has 0 bridgehead atoms. The minimum atomic E-state index is -0.733. The number of amides is 1. The van der Waals surface area contributed by atoms with Crippen LogP contribution in [-0.4, -0.2) is 36.2 Å². The Balaban J connectivity index is 1.65. The van der Waals surface area contributed by atoms with Crippen LogP contribution in [0.3, 0.4) is 0 Å². The number of aliphatic carboxylic acids is 1. The summed E-state index contributed by atoms with van der Waals surface area (Å²) in [5.74, 6) is -0.633. The number of anilines is 1. The summed E-state index contributed by atoms with van der Waals surface area (Å²) in [4.78, 5) is 25.1. The Kier molecular flexibility index (Phi) is 5.51. The lowest BCUT2D eigenvalue weighted by molar-refractivity contribution is -0.137. The van der Waals surface area contributed by atoms with Crippen LogP contribution in [0.4, 0.5) is 5.69 Å². The third kappa shape index (κ3) is 3.96. The minimum Gasteiger partial charge on any atom is -0.481 e. The largest absolute Gasteiger partial charge is 0.481 e. The smallest absolute Gasteiger partial charge is 0.303 e. The van der Waals surface area contributed by atoms with E-state index in [1.54, 1.807) is 0 Å². The highest BCUT2D eigenvalue weighted by Gasteiger charge is 2.31. The first-order chi connectivity index (χ1) is 11.6. The van der Waals surface area contributed by atoms with E-state index in [0.29, 0.717) is 13.0 Å². The van der Waals surface area contributed by atoms with Crippen molar-refractivity contribution in [2.75, 3.05) is 18.1 Å². The Bertz CT molecular complexity index is 607. The van der Waals surface area contributed by atoms with Crippen molar-refractivity contribution in [1.82, 2.24) is 0 Å². The molecule has 1 unspecified atom stereocenters. The molecule has 24 heavy (non-hydrogen) atoms. The van der Waals surface area contributed by atoms with Gasteiger partial charge in [-0.1, -0.05) is 12.1 Å². The second-order valence-electron chi connectivity index (χ2n) is 6.66. The molecule has 5 nitrogen and oxygen atoms in total. The van der Waals surface area contributed by atoms with Crippen molar-refractivity contribution in [1.29, 1.82) is 0 Å². The number of nitrogens with zero attached hydrogens (tertiary/aromatic N) is 1. The number of benzene rings is 1. The van der Waals surface area contributed by atoms with Crippen molar-refractivity contribution < 1.29 is 19.4 Å². The minimum absolute atomic E-state index is 0.0997. The van der Waals surface area contributed by atoms with Gasteiger partial charge in [-0.05, 0) is 62.1 Å². The average Bonchev–Trinajstić information content (AvgIpc) is 3.12. The Morgan fingerprint density at radius 1 is 1.25 bits per heavy atom. The number of aryl methyl sites for hydroxylation is 2. The molecule has 0 spiro atoms. The molecule has 1 fully saturated rings. The van der Waals surface area contributed by atoms with Gasteiger partial charge in [-0.15, -0.1) is 0 Å². The molecule has 2 aliphatic rings. The SMILES string of the molecule is O=C(O)CCCCc1ccc2c(c1)CCCN2C(=O)C1CCCO1. The summed E-state index contributed by atoms with van der Waals surface area (Å²) in [5.41, 5.74) is 3.48. The zero-order chi connectivity index (χ0) is 16.9. The van der Waals surface area contributed by atoms with E-state index in [1.807, 2.05) is 11.0 Å². The number of hydrogen-bond donors (Lipinski definition) is 1. The van der Waals surface area contributed by atoms with Crippen LogP contribution in [0.25, 0.3) is 0 Å². The van der Waals surface area contributed by atoms with Gasteiger partial charge in [0, 0.05) is 25.3 Å². The van der Waals surface area contributed by atoms with E-state index in [0.717, 1.165) is 50.8 Å². The maximum Gasteiger partial charge on any atom is 0.303 e. The first-order valence-corrected chi connectivity index (χ1v) is 8.92. The van der Waals surface area contributed by atoms with Crippen molar-refractivity contribution in [2.45, 2.75) is 57.5 Å². The van der Waals surface area contributed by atoms with Gasteiger partial charge < -0.3 is 14.7 Å². The summed E-state index contributed by atoms with van der Waals surface area (Å²) in [6, 6.07) is 6.31. The Morgan fingerprint density at radius 3 is 2.88 bits per heavy atom. The fraction of sp³-hybridized carbons (Fsp3) is 0.579. The van der Waals surface area contributed by atoms with Crippen LogP contribution < -0.4 is 4.90 Å². The van der Waals surface area contributed by atoms with E-state index in [4.69, 9.17) is 9.84 Å². The highest BCUT2D eigenvalue weighted by atomic mass is 16.5. The average molecular weight is 331 g/mol. The van der Waals surface area contributed by atoms with Crippen LogP contribution in [0, 0.1) is 0 Å². The van der Waals surface area contributed by atoms with Gasteiger partial charge in [0.25, 0.3) is 5.91 Å². The molecule has 5 heteroatoms. The lowest BCUT2D eigenvalue weighted by Crippen LogP contribution is -2.42. The molecule has 1 aromatic rings. The number of unbranched alkanes of at least 4 members (excludes halogenated alkanes) is 1. The van der Waals surface area contributed by atoms with Gasteiger partial charge in [-0.25, -0.2) is 0 Å². The topological polar surface area (TPSA) is 66.8 Å². The summed E-state index contributed by atoms with van der Waals surface area (Å²) in [5, 5.41) is 8.69. The molecule has 0 aliphatic carbocycles. The summed E-state index contributed by atoms with van der Waals surface area (Å²) >= 11 is 0. The zero-order valence-corrected chi connectivity index (χ0v) is 14.0. The zero-order valence-electron chi connectivity index (χ0n) is 14.0. The van der Waals surface area contributed by atoms with Crippen molar-refractivity contribution in [2.24, 2.45) is 0 Å². The summed E-state index contributed by atoms with van der Waals surface area (Å²) in [7, 11) is 0. The number of carboxylic acids is 1. The van der Waals surface area contributed by atoms with Gasteiger partial charge >= 0.3 is 5.97 Å². The quantitative estimate of drug-likeness (QED) is 0.814. The van der Waals surface area contributed by atoms with Crippen LogP contribution >= 0.6 is 0 Å². The Morgan fingerprint density at radius 2 is 2.12 bits per heavy atom. The molecule has 2 heterocycles. The van der Waals surface area contributed by atoms with E-state index < -0.39 is 5.97 Å². The van der Waals surface area contributed by atoms with Crippen molar-refractivity contribution >= 4 is 17.6 Å². The third-order valence-corrected chi connectivity index (χ3v) is 4.84. The second-order valence-corrected chi connectivity index (χ2v) is 6.66. The molecular formula is C19H25NO4. The number of carbonyl (C=O) groups excluding carboxylic acids is 1. The van der Waals surface area contributed by atoms with E-state index in [2.05, 4.69) is 12.1 Å². The first kappa shape index (κ1) is 17.0. The molecule has 130 valence electrons. The highest BCUT2D eigenvalue weighted by Crippen LogP contribution is 2.30. The fourth-order valence-corrected chi connectivity index (χ4v) is 3.59. The van der Waals surface area contributed by atoms with Gasteiger partial charge in [-0.2, -0.15) is 0 Å². The van der Waals surface area contributed by atoms with Crippen LogP contribution in [0.1, 0.15) is 49.7 Å². The van der Waals surface area contributed by atoms with Crippen molar-refractivity contribution in [3.63, 3.8) is 0 Å². The number of ether oxygens (including phenoxy) is 1. The highest BCUT2D eigenvalue weighted by molar-refractivity contribution is 5.97. The molecule has 2 aliphatic heterocycles. The molecule has 0 aromatic heterocycles. The Labute approximate surface area is 142 Å². The molecule has 1 N–H and O–H groups in total. The summed E-state index contributed by atoms with van der Waals surface area (Å²) in [6.45, 7) is 1.45. The molecule has 0 radical (unpaired) electrons. The van der Waals surface area contributed by atoms with Crippen LogP contribution in [0.15, 0.2) is 18.2 Å². The van der Waals surface area contributed by atoms with E-state index in [9.17, 15) is 9.59 Å². The molecule has 1 aromatic carbocycles. The van der Waals surface area contributed by atoms with Crippen LogP contribution in [0.5, 0.6) is 0 Å². The third-order valence-electron chi connectivity index (χ3n) is 4.84. The molecular weight excluding hydrogens is 306 g/mol. The molecule has 1 atom stereocenters. The second kappa shape index (κ2) is 7.79. The standard InChI is InChI=1S/C19H25NO4/c21-18(22)8-2-1-5-14-9-10-16-15(13-14)6-3-11-20(16)19(23)17-7-4-12-24-17/h9-10,13,17H,1-8,11-12H2,(H,21,22). The lowest BCUT2D eigenvalue weighted by atomic mass is 9.96. The van der Waals surface area contributed by atoms with E-state index in [-0.39, 0.29) is 18.4 Å². The molecule has 1 saturated heterocycles. The van der Waals surface area contributed by atoms with E-state index >= 15 is 0 Å². The van der Waals surface area contributed by atoms with Gasteiger partial charge in [0.2, 0.25) is 0 Å². The van der Waals surface area contributed by atoms with Crippen LogP contribution in [-0.2, 0) is 27.2 Å². The fourth-order valence-electron chi connectivity index (χ4n) is 3.59. The molecule has 1 amide bonds. The molecule has 3 rings (SSSR count). The summed E-state index contributed by atoms with van der Waals surface area (Å²) < 4.78 is 5.55. The van der Waals surface area contributed by atoms with Crippen molar-refractivity contribution in [3.05, 3.63) is 29.3 Å². The number of fused-ring (bicyclic) bond motifs is 1. The monoisotopic (exact) mass is 331 g/mol. The predicted octanol–water partition coefficient (Wildman–Crippen LogP) is 2.94. The summed E-state index contributed by atoms with van der Waals surface area (Å²) in [6.07, 6.45) is 6.20. The van der Waals surface area contributed by atoms with Gasteiger partial charge in [0.05, 0.1) is 0 Å². The van der Waals surface area contributed by atoms with Crippen molar-refractivity contribution in [3.8, 4) is 0 Å². The number of rotatable bonds is 6. The number of carboxylic acid groups (broad SMARTS) is 1. The molecule has 0 saturated carbocycles. The number of carbonyl (C=O) groups is 2. The predicted molar refractivity (Wildman–Crippen MR) is 91.3 cm³/mol. The van der Waals surface area contributed by atoms with Crippen LogP contribution in [0.2, 0.25) is 0 Å². The maximum atomic E-state index is 12.7. The normalized spacial score (nSPS) is 20.0. The maximum absolute atomic E-state index is 12.7. The lowest BCUT2D eigenvalue weighted by Gasteiger charge is -2.31. The first-order valence-electron chi connectivity index (χ1n) is 8.92. The Hall–Kier alpha value is -1.88. The van der Waals surface area contributed by atoms with Gasteiger partial charge in [0.15, 0.2) is 0 Å². The van der Waals surface area contributed by atoms with Gasteiger partial charge in [-0.3, -0.25) is 9.59 Å². The van der Waals surface area contributed by atoms with Gasteiger partial charge in [0.1, 0.15) is 6.10 Å².